The zero-order chi connectivity index (χ0) is 15.4. The van der Waals surface area contributed by atoms with Crippen LogP contribution in [-0.2, 0) is 4.79 Å². The van der Waals surface area contributed by atoms with Gasteiger partial charge >= 0.3 is 5.97 Å². The number of halogens is 2. The molecule has 2 aromatic rings. The van der Waals surface area contributed by atoms with Crippen LogP contribution >= 0.6 is 11.6 Å². The van der Waals surface area contributed by atoms with Crippen molar-refractivity contribution in [3.05, 3.63) is 64.4 Å². The second kappa shape index (κ2) is 6.41. The Morgan fingerprint density at radius 2 is 2.10 bits per heavy atom. The lowest BCUT2D eigenvalue weighted by Gasteiger charge is -2.12. The van der Waals surface area contributed by atoms with Gasteiger partial charge in [0.05, 0.1) is 5.02 Å². The minimum atomic E-state index is -1.07. The maximum Gasteiger partial charge on any atom is 0.328 e. The Hall–Kier alpha value is -2.33. The molecular formula is C16H12ClFO3. The number of aliphatic carboxylic acids is 1. The van der Waals surface area contributed by atoms with Gasteiger partial charge in [0, 0.05) is 11.6 Å². The van der Waals surface area contributed by atoms with Gasteiger partial charge < -0.3 is 9.84 Å². The molecule has 0 saturated carbocycles. The summed E-state index contributed by atoms with van der Waals surface area (Å²) >= 11 is 6.10. The first-order chi connectivity index (χ1) is 9.97. The first-order valence-electron chi connectivity index (χ1n) is 6.11. The number of aryl methyl sites for hydroxylation is 1. The SMILES string of the molecule is Cc1cc(F)ccc1Oc1c(Cl)cccc1/C=C/C(=O)O. The van der Waals surface area contributed by atoms with Crippen molar-refractivity contribution in [3.8, 4) is 11.5 Å². The minimum absolute atomic E-state index is 0.325. The Balaban J connectivity index is 2.41. The third-order valence-electron chi connectivity index (χ3n) is 2.75. The fourth-order valence-electron chi connectivity index (χ4n) is 1.76. The average molecular weight is 307 g/mol. The normalized spacial score (nSPS) is 10.8. The van der Waals surface area contributed by atoms with Crippen LogP contribution in [0.4, 0.5) is 4.39 Å². The second-order valence-corrected chi connectivity index (χ2v) is 4.75. The molecule has 5 heteroatoms. The summed E-state index contributed by atoms with van der Waals surface area (Å²) < 4.78 is 18.8. The van der Waals surface area contributed by atoms with E-state index in [0.717, 1.165) is 6.08 Å². The van der Waals surface area contributed by atoms with E-state index in [-0.39, 0.29) is 5.82 Å². The number of carboxylic acids is 1. The highest BCUT2D eigenvalue weighted by molar-refractivity contribution is 6.32. The van der Waals surface area contributed by atoms with Gasteiger partial charge in [-0.15, -0.1) is 0 Å². The van der Waals surface area contributed by atoms with Crippen LogP contribution in [0.2, 0.25) is 5.02 Å². The summed E-state index contributed by atoms with van der Waals surface area (Å²) in [6.07, 6.45) is 2.39. The Kier molecular flexibility index (Phi) is 4.60. The van der Waals surface area contributed by atoms with Crippen molar-refractivity contribution in [3.63, 3.8) is 0 Å². The maximum absolute atomic E-state index is 13.1. The number of benzene rings is 2. The summed E-state index contributed by atoms with van der Waals surface area (Å²) in [6.45, 7) is 1.71. The molecule has 108 valence electrons. The summed E-state index contributed by atoms with van der Waals surface area (Å²) in [7, 11) is 0. The van der Waals surface area contributed by atoms with Crippen LogP contribution in [0, 0.1) is 12.7 Å². The molecule has 0 spiro atoms. The van der Waals surface area contributed by atoms with Crippen molar-refractivity contribution < 1.29 is 19.0 Å². The van der Waals surface area contributed by atoms with E-state index in [1.165, 1.54) is 24.3 Å². The van der Waals surface area contributed by atoms with E-state index in [1.54, 1.807) is 25.1 Å². The maximum atomic E-state index is 13.1. The van der Waals surface area contributed by atoms with Crippen LogP contribution in [0.1, 0.15) is 11.1 Å². The van der Waals surface area contributed by atoms with Crippen LogP contribution in [0.25, 0.3) is 6.08 Å². The largest absolute Gasteiger partial charge is 0.478 e. The molecule has 0 saturated heterocycles. The standard InChI is InChI=1S/C16H12ClFO3/c1-10-9-12(18)6-7-14(10)21-16-11(5-8-15(19)20)3-2-4-13(16)17/h2-9H,1H3,(H,19,20)/b8-5+. The molecule has 0 unspecified atom stereocenters. The van der Waals surface area contributed by atoms with Crippen molar-refractivity contribution in [2.75, 3.05) is 0 Å². The van der Waals surface area contributed by atoms with Crippen LogP contribution in [-0.4, -0.2) is 11.1 Å². The van der Waals surface area contributed by atoms with E-state index in [2.05, 4.69) is 0 Å². The van der Waals surface area contributed by atoms with Crippen LogP contribution in [0.5, 0.6) is 11.5 Å². The number of rotatable bonds is 4. The number of hydrogen-bond acceptors (Lipinski definition) is 2. The van der Waals surface area contributed by atoms with E-state index in [1.807, 2.05) is 0 Å². The molecule has 0 radical (unpaired) electrons. The molecule has 21 heavy (non-hydrogen) atoms. The van der Waals surface area contributed by atoms with E-state index < -0.39 is 5.97 Å². The topological polar surface area (TPSA) is 46.5 Å². The molecule has 0 aliphatic rings. The Morgan fingerprint density at radius 3 is 2.76 bits per heavy atom. The van der Waals surface area contributed by atoms with Crippen molar-refractivity contribution in [2.24, 2.45) is 0 Å². The highest BCUT2D eigenvalue weighted by atomic mass is 35.5. The number of carboxylic acid groups (broad SMARTS) is 1. The lowest BCUT2D eigenvalue weighted by Crippen LogP contribution is -1.93. The van der Waals surface area contributed by atoms with E-state index in [4.69, 9.17) is 21.4 Å². The Bertz CT molecular complexity index is 711. The number of hydrogen-bond donors (Lipinski definition) is 1. The average Bonchev–Trinajstić information content (AvgIpc) is 2.42. The third kappa shape index (κ3) is 3.83. The van der Waals surface area contributed by atoms with Crippen LogP contribution < -0.4 is 4.74 Å². The lowest BCUT2D eigenvalue weighted by atomic mass is 10.1. The van der Waals surface area contributed by atoms with E-state index >= 15 is 0 Å². The summed E-state index contributed by atoms with van der Waals surface area (Å²) in [6, 6.07) is 9.13. The van der Waals surface area contributed by atoms with Gasteiger partial charge in [0.25, 0.3) is 0 Å². The van der Waals surface area contributed by atoms with Crippen molar-refractivity contribution in [2.45, 2.75) is 6.92 Å². The fourth-order valence-corrected chi connectivity index (χ4v) is 1.98. The van der Waals surface area contributed by atoms with Gasteiger partial charge in [-0.1, -0.05) is 23.7 Å². The molecule has 2 aromatic carbocycles. The molecule has 0 bridgehead atoms. The molecule has 0 amide bonds. The van der Waals surface area contributed by atoms with Gasteiger partial charge in [-0.25, -0.2) is 9.18 Å². The quantitative estimate of drug-likeness (QED) is 0.834. The summed E-state index contributed by atoms with van der Waals surface area (Å²) in [4.78, 5) is 10.6. The molecule has 2 rings (SSSR count). The zero-order valence-electron chi connectivity index (χ0n) is 11.1. The molecule has 0 aliphatic heterocycles. The van der Waals surface area contributed by atoms with Gasteiger partial charge in [0.2, 0.25) is 0 Å². The van der Waals surface area contributed by atoms with Gasteiger partial charge in [0.1, 0.15) is 11.6 Å². The van der Waals surface area contributed by atoms with Gasteiger partial charge in [-0.3, -0.25) is 0 Å². The molecule has 0 aliphatic carbocycles. The predicted molar refractivity (Wildman–Crippen MR) is 79.3 cm³/mol. The minimum Gasteiger partial charge on any atom is -0.478 e. The van der Waals surface area contributed by atoms with Gasteiger partial charge in [0.15, 0.2) is 5.75 Å². The second-order valence-electron chi connectivity index (χ2n) is 4.34. The monoisotopic (exact) mass is 306 g/mol. The molecule has 1 N–H and O–H groups in total. The van der Waals surface area contributed by atoms with Crippen LogP contribution in [0.15, 0.2) is 42.5 Å². The van der Waals surface area contributed by atoms with Crippen molar-refractivity contribution in [1.82, 2.24) is 0 Å². The fraction of sp³-hybridized carbons (Fsp3) is 0.0625. The van der Waals surface area contributed by atoms with E-state index in [0.29, 0.717) is 27.6 Å². The number of para-hydroxylation sites is 1. The molecule has 0 atom stereocenters. The molecule has 0 heterocycles. The molecule has 3 nitrogen and oxygen atoms in total. The Labute approximate surface area is 126 Å². The van der Waals surface area contributed by atoms with Gasteiger partial charge in [-0.2, -0.15) is 0 Å². The summed E-state index contributed by atoms with van der Waals surface area (Å²) in [5.41, 5.74) is 1.14. The van der Waals surface area contributed by atoms with E-state index in [9.17, 15) is 9.18 Å². The number of carbonyl (C=O) groups is 1. The molecule has 0 fully saturated rings. The highest BCUT2D eigenvalue weighted by Crippen LogP contribution is 2.35. The van der Waals surface area contributed by atoms with Crippen LogP contribution in [0.3, 0.4) is 0 Å². The zero-order valence-corrected chi connectivity index (χ0v) is 11.9. The smallest absolute Gasteiger partial charge is 0.328 e. The van der Waals surface area contributed by atoms with Crippen molar-refractivity contribution in [1.29, 1.82) is 0 Å². The number of ether oxygens (including phenoxy) is 1. The predicted octanol–water partition coefficient (Wildman–Crippen LogP) is 4.68. The first kappa shape index (κ1) is 15.1. The van der Waals surface area contributed by atoms with Crippen molar-refractivity contribution >= 4 is 23.6 Å². The third-order valence-corrected chi connectivity index (χ3v) is 3.05. The Morgan fingerprint density at radius 1 is 1.33 bits per heavy atom. The highest BCUT2D eigenvalue weighted by Gasteiger charge is 2.10. The summed E-state index contributed by atoms with van der Waals surface area (Å²) in [5.74, 6) is -0.648. The summed E-state index contributed by atoms with van der Waals surface area (Å²) in [5, 5.41) is 9.04. The lowest BCUT2D eigenvalue weighted by molar-refractivity contribution is -0.131. The molecule has 0 aromatic heterocycles. The first-order valence-corrected chi connectivity index (χ1v) is 6.48. The van der Waals surface area contributed by atoms with Gasteiger partial charge in [-0.05, 0) is 42.8 Å². The molecular weight excluding hydrogens is 295 g/mol.